The largest absolute Gasteiger partial charge is 0.480 e. The molecular weight excluding hydrogens is 234 g/mol. The van der Waals surface area contributed by atoms with E-state index in [0.717, 1.165) is 12.8 Å². The second kappa shape index (κ2) is 4.29. The standard InChI is InChI=1S/C12H15N3O3/c1-12(11(17)18,7-5-6-7)15-9-4-2-3-8(14-9)10(13)16/h2-4,7H,5-6H2,1H3,(H2,13,16)(H,14,15)(H,17,18). The lowest BCUT2D eigenvalue weighted by Crippen LogP contribution is -2.45. The average Bonchev–Trinajstić information content (AvgIpc) is 3.13. The van der Waals surface area contributed by atoms with Crippen molar-refractivity contribution in [2.45, 2.75) is 25.3 Å². The van der Waals surface area contributed by atoms with E-state index in [1.54, 1.807) is 19.1 Å². The molecule has 6 heteroatoms. The first-order chi connectivity index (χ1) is 8.43. The molecule has 1 aliphatic carbocycles. The number of anilines is 1. The normalized spacial score (nSPS) is 17.8. The molecule has 1 aliphatic rings. The summed E-state index contributed by atoms with van der Waals surface area (Å²) in [4.78, 5) is 26.4. The van der Waals surface area contributed by atoms with Crippen LogP contribution in [0.1, 0.15) is 30.3 Å². The Morgan fingerprint density at radius 2 is 2.17 bits per heavy atom. The number of pyridine rings is 1. The highest BCUT2D eigenvalue weighted by molar-refractivity contribution is 5.91. The predicted octanol–water partition coefficient (Wildman–Crippen LogP) is 0.846. The lowest BCUT2D eigenvalue weighted by molar-refractivity contribution is -0.142. The minimum absolute atomic E-state index is 0.0917. The third-order valence-electron chi connectivity index (χ3n) is 3.23. The Balaban J connectivity index is 2.24. The third kappa shape index (κ3) is 2.27. The second-order valence-corrected chi connectivity index (χ2v) is 4.68. The molecular formula is C12H15N3O3. The van der Waals surface area contributed by atoms with E-state index in [4.69, 9.17) is 5.73 Å². The van der Waals surface area contributed by atoms with E-state index in [0.29, 0.717) is 5.82 Å². The van der Waals surface area contributed by atoms with Crippen molar-refractivity contribution in [3.8, 4) is 0 Å². The maximum Gasteiger partial charge on any atom is 0.329 e. The Kier molecular flexibility index (Phi) is 2.94. The zero-order chi connectivity index (χ0) is 13.3. The number of carbonyl (C=O) groups excluding carboxylic acids is 1. The topological polar surface area (TPSA) is 105 Å². The van der Waals surface area contributed by atoms with Gasteiger partial charge in [-0.15, -0.1) is 0 Å². The number of nitrogens with zero attached hydrogens (tertiary/aromatic N) is 1. The lowest BCUT2D eigenvalue weighted by Gasteiger charge is -2.26. The molecule has 0 aromatic carbocycles. The number of nitrogens with one attached hydrogen (secondary N) is 1. The van der Waals surface area contributed by atoms with Gasteiger partial charge in [-0.05, 0) is 37.8 Å². The van der Waals surface area contributed by atoms with Gasteiger partial charge in [0.2, 0.25) is 0 Å². The summed E-state index contributed by atoms with van der Waals surface area (Å²) in [6, 6.07) is 4.73. The molecule has 18 heavy (non-hydrogen) atoms. The van der Waals surface area contributed by atoms with Crippen molar-refractivity contribution in [2.75, 3.05) is 5.32 Å². The maximum atomic E-state index is 11.3. The van der Waals surface area contributed by atoms with Gasteiger partial charge in [-0.3, -0.25) is 4.79 Å². The van der Waals surface area contributed by atoms with Crippen LogP contribution in [-0.4, -0.2) is 27.5 Å². The van der Waals surface area contributed by atoms with E-state index in [1.807, 2.05) is 0 Å². The Labute approximate surface area is 104 Å². The number of nitrogens with two attached hydrogens (primary N) is 1. The highest BCUT2D eigenvalue weighted by Crippen LogP contribution is 2.41. The summed E-state index contributed by atoms with van der Waals surface area (Å²) in [5, 5.41) is 12.2. The van der Waals surface area contributed by atoms with E-state index in [1.165, 1.54) is 6.07 Å². The Morgan fingerprint density at radius 3 is 2.67 bits per heavy atom. The first kappa shape index (κ1) is 12.3. The fourth-order valence-corrected chi connectivity index (χ4v) is 1.90. The summed E-state index contributed by atoms with van der Waals surface area (Å²) < 4.78 is 0. The van der Waals surface area contributed by atoms with Gasteiger partial charge in [0, 0.05) is 0 Å². The van der Waals surface area contributed by atoms with Gasteiger partial charge in [0.25, 0.3) is 5.91 Å². The van der Waals surface area contributed by atoms with Crippen molar-refractivity contribution in [3.63, 3.8) is 0 Å². The number of carbonyl (C=O) groups is 2. The van der Waals surface area contributed by atoms with Crippen LogP contribution < -0.4 is 11.1 Å². The van der Waals surface area contributed by atoms with Crippen molar-refractivity contribution in [1.82, 2.24) is 4.98 Å². The monoisotopic (exact) mass is 249 g/mol. The summed E-state index contributed by atoms with van der Waals surface area (Å²) in [6.45, 7) is 1.63. The van der Waals surface area contributed by atoms with Crippen molar-refractivity contribution in [2.24, 2.45) is 11.7 Å². The summed E-state index contributed by atoms with van der Waals surface area (Å²) >= 11 is 0. The number of hydrogen-bond donors (Lipinski definition) is 3. The zero-order valence-electron chi connectivity index (χ0n) is 10.0. The number of amides is 1. The number of rotatable bonds is 5. The molecule has 1 aromatic heterocycles. The molecule has 1 atom stereocenters. The number of carboxylic acids is 1. The number of aromatic nitrogens is 1. The van der Waals surface area contributed by atoms with Gasteiger partial charge in [0.05, 0.1) is 0 Å². The van der Waals surface area contributed by atoms with Crippen LogP contribution in [-0.2, 0) is 4.79 Å². The maximum absolute atomic E-state index is 11.3. The fourth-order valence-electron chi connectivity index (χ4n) is 1.90. The average molecular weight is 249 g/mol. The lowest BCUT2D eigenvalue weighted by atomic mass is 9.96. The predicted molar refractivity (Wildman–Crippen MR) is 65.1 cm³/mol. The SMILES string of the molecule is CC(Nc1cccc(C(N)=O)n1)(C(=O)O)C1CC1. The van der Waals surface area contributed by atoms with Crippen molar-refractivity contribution >= 4 is 17.7 Å². The number of aliphatic carboxylic acids is 1. The molecule has 0 bridgehead atoms. The van der Waals surface area contributed by atoms with Crippen LogP contribution in [0.15, 0.2) is 18.2 Å². The smallest absolute Gasteiger partial charge is 0.329 e. The van der Waals surface area contributed by atoms with Crippen LogP contribution in [0.2, 0.25) is 0 Å². The van der Waals surface area contributed by atoms with Crippen LogP contribution in [0.5, 0.6) is 0 Å². The summed E-state index contributed by atoms with van der Waals surface area (Å²) in [5.41, 5.74) is 4.19. The first-order valence-electron chi connectivity index (χ1n) is 5.72. The Morgan fingerprint density at radius 1 is 1.50 bits per heavy atom. The molecule has 1 heterocycles. The van der Waals surface area contributed by atoms with Crippen LogP contribution >= 0.6 is 0 Å². The van der Waals surface area contributed by atoms with Gasteiger partial charge in [-0.2, -0.15) is 0 Å². The molecule has 1 fully saturated rings. The molecule has 0 saturated heterocycles. The molecule has 96 valence electrons. The van der Waals surface area contributed by atoms with Gasteiger partial charge in [0.1, 0.15) is 17.1 Å². The molecule has 0 aliphatic heterocycles. The van der Waals surface area contributed by atoms with Gasteiger partial charge < -0.3 is 16.2 Å². The number of primary amides is 1. The Hall–Kier alpha value is -2.11. The molecule has 2 rings (SSSR count). The van der Waals surface area contributed by atoms with E-state index in [2.05, 4.69) is 10.3 Å². The molecule has 1 unspecified atom stereocenters. The zero-order valence-corrected chi connectivity index (χ0v) is 10.0. The summed E-state index contributed by atoms with van der Waals surface area (Å²) in [7, 11) is 0. The van der Waals surface area contributed by atoms with E-state index < -0.39 is 17.4 Å². The van der Waals surface area contributed by atoms with Crippen LogP contribution in [0.4, 0.5) is 5.82 Å². The summed E-state index contributed by atoms with van der Waals surface area (Å²) in [5.74, 6) is -1.12. The van der Waals surface area contributed by atoms with Crippen molar-refractivity contribution < 1.29 is 14.7 Å². The highest BCUT2D eigenvalue weighted by atomic mass is 16.4. The molecule has 1 aromatic rings. The fraction of sp³-hybridized carbons (Fsp3) is 0.417. The van der Waals surface area contributed by atoms with Gasteiger partial charge in [-0.1, -0.05) is 6.07 Å². The molecule has 1 amide bonds. The van der Waals surface area contributed by atoms with Crippen LogP contribution in [0, 0.1) is 5.92 Å². The molecule has 6 nitrogen and oxygen atoms in total. The highest BCUT2D eigenvalue weighted by Gasteiger charge is 2.47. The molecule has 1 saturated carbocycles. The third-order valence-corrected chi connectivity index (χ3v) is 3.23. The number of hydrogen-bond acceptors (Lipinski definition) is 4. The first-order valence-corrected chi connectivity index (χ1v) is 5.72. The summed E-state index contributed by atoms with van der Waals surface area (Å²) in [6.07, 6.45) is 1.76. The van der Waals surface area contributed by atoms with Crippen molar-refractivity contribution in [3.05, 3.63) is 23.9 Å². The van der Waals surface area contributed by atoms with Gasteiger partial charge in [0.15, 0.2) is 0 Å². The van der Waals surface area contributed by atoms with E-state index in [9.17, 15) is 14.7 Å². The quantitative estimate of drug-likeness (QED) is 0.717. The van der Waals surface area contributed by atoms with Crippen molar-refractivity contribution in [1.29, 1.82) is 0 Å². The van der Waals surface area contributed by atoms with E-state index in [-0.39, 0.29) is 11.6 Å². The minimum Gasteiger partial charge on any atom is -0.480 e. The van der Waals surface area contributed by atoms with E-state index >= 15 is 0 Å². The van der Waals surface area contributed by atoms with Crippen LogP contribution in [0.3, 0.4) is 0 Å². The van der Waals surface area contributed by atoms with Gasteiger partial charge >= 0.3 is 5.97 Å². The molecule has 0 spiro atoms. The second-order valence-electron chi connectivity index (χ2n) is 4.68. The molecule has 4 N–H and O–H groups in total. The molecule has 0 radical (unpaired) electrons. The minimum atomic E-state index is -1.05. The van der Waals surface area contributed by atoms with Crippen LogP contribution in [0.25, 0.3) is 0 Å². The van der Waals surface area contributed by atoms with Gasteiger partial charge in [-0.25, -0.2) is 9.78 Å². The number of carboxylic acid groups (broad SMARTS) is 1. The Bertz CT molecular complexity index is 499.